The van der Waals surface area contributed by atoms with E-state index in [1.807, 2.05) is 31.2 Å². The maximum Gasteiger partial charge on any atom is 0.254 e. The number of hydrogen-bond donors (Lipinski definition) is 2. The molecular weight excluding hydrogens is 272 g/mol. The number of amides is 2. The highest BCUT2D eigenvalue weighted by Crippen LogP contribution is 2.23. The number of benzene rings is 1. The van der Waals surface area contributed by atoms with Gasteiger partial charge in [0.05, 0.1) is 12.0 Å². The van der Waals surface area contributed by atoms with Crippen LogP contribution in [0.4, 0.5) is 5.00 Å². The van der Waals surface area contributed by atoms with Gasteiger partial charge in [0, 0.05) is 7.05 Å². The number of anilines is 1. The molecule has 104 valence electrons. The average molecular weight is 288 g/mol. The molecule has 0 bridgehead atoms. The molecule has 4 nitrogen and oxygen atoms in total. The molecule has 5 heteroatoms. The summed E-state index contributed by atoms with van der Waals surface area (Å²) < 4.78 is 0. The van der Waals surface area contributed by atoms with Gasteiger partial charge in [-0.05, 0) is 23.9 Å². The molecule has 0 unspecified atom stereocenters. The zero-order chi connectivity index (χ0) is 14.5. The summed E-state index contributed by atoms with van der Waals surface area (Å²) >= 11 is 1.34. The van der Waals surface area contributed by atoms with E-state index in [0.717, 1.165) is 11.1 Å². The van der Waals surface area contributed by atoms with Gasteiger partial charge in [-0.15, -0.1) is 11.3 Å². The van der Waals surface area contributed by atoms with Crippen molar-refractivity contribution >= 4 is 28.2 Å². The fraction of sp³-hybridized carbons (Fsp3) is 0.200. The molecule has 20 heavy (non-hydrogen) atoms. The monoisotopic (exact) mass is 288 g/mol. The summed E-state index contributed by atoms with van der Waals surface area (Å²) in [4.78, 5) is 23.6. The summed E-state index contributed by atoms with van der Waals surface area (Å²) in [5.74, 6) is -0.321. The maximum atomic E-state index is 12.0. The minimum atomic E-state index is -0.197. The van der Waals surface area contributed by atoms with Crippen molar-refractivity contribution in [2.45, 2.75) is 13.3 Å². The van der Waals surface area contributed by atoms with Crippen LogP contribution in [0.1, 0.15) is 21.5 Å². The Balaban J connectivity index is 2.03. The fourth-order valence-corrected chi connectivity index (χ4v) is 2.58. The SMILES string of the molecule is CNC(=O)c1ccsc1NC(=O)Cc1ccc(C)cc1. The Kier molecular flexibility index (Phi) is 4.53. The van der Waals surface area contributed by atoms with Crippen molar-refractivity contribution in [3.8, 4) is 0 Å². The highest BCUT2D eigenvalue weighted by atomic mass is 32.1. The largest absolute Gasteiger partial charge is 0.355 e. The van der Waals surface area contributed by atoms with Crippen molar-refractivity contribution in [1.29, 1.82) is 0 Å². The van der Waals surface area contributed by atoms with Crippen molar-refractivity contribution in [3.63, 3.8) is 0 Å². The molecule has 1 aromatic heterocycles. The highest BCUT2D eigenvalue weighted by molar-refractivity contribution is 7.14. The maximum absolute atomic E-state index is 12.0. The number of thiophene rings is 1. The zero-order valence-electron chi connectivity index (χ0n) is 11.4. The first kappa shape index (κ1) is 14.3. The third-order valence-electron chi connectivity index (χ3n) is 2.88. The van der Waals surface area contributed by atoms with E-state index in [-0.39, 0.29) is 11.8 Å². The third-order valence-corrected chi connectivity index (χ3v) is 3.70. The Morgan fingerprint density at radius 1 is 1.15 bits per heavy atom. The van der Waals surface area contributed by atoms with E-state index in [0.29, 0.717) is 17.0 Å². The Labute approximate surface area is 121 Å². The number of nitrogens with one attached hydrogen (secondary N) is 2. The van der Waals surface area contributed by atoms with E-state index in [1.54, 1.807) is 18.5 Å². The average Bonchev–Trinajstić information content (AvgIpc) is 2.88. The summed E-state index contributed by atoms with van der Waals surface area (Å²) in [5, 5.41) is 7.71. The van der Waals surface area contributed by atoms with Crippen molar-refractivity contribution in [1.82, 2.24) is 5.32 Å². The zero-order valence-corrected chi connectivity index (χ0v) is 12.2. The smallest absolute Gasteiger partial charge is 0.254 e. The van der Waals surface area contributed by atoms with Crippen LogP contribution in [0.2, 0.25) is 0 Å². The molecular formula is C15H16N2O2S. The van der Waals surface area contributed by atoms with Crippen LogP contribution in [0.15, 0.2) is 35.7 Å². The van der Waals surface area contributed by atoms with Crippen LogP contribution in [0.5, 0.6) is 0 Å². The molecule has 0 saturated heterocycles. The van der Waals surface area contributed by atoms with Gasteiger partial charge >= 0.3 is 0 Å². The molecule has 1 heterocycles. The number of aryl methyl sites for hydroxylation is 1. The van der Waals surface area contributed by atoms with Gasteiger partial charge in [0.15, 0.2) is 0 Å². The van der Waals surface area contributed by atoms with Gasteiger partial charge in [0.25, 0.3) is 5.91 Å². The van der Waals surface area contributed by atoms with Crippen LogP contribution in [-0.2, 0) is 11.2 Å². The lowest BCUT2D eigenvalue weighted by Crippen LogP contribution is -2.20. The minimum Gasteiger partial charge on any atom is -0.355 e. The second kappa shape index (κ2) is 6.34. The summed E-state index contributed by atoms with van der Waals surface area (Å²) in [6, 6.07) is 9.52. The second-order valence-corrected chi connectivity index (χ2v) is 5.37. The molecule has 0 fully saturated rings. The molecule has 2 rings (SSSR count). The van der Waals surface area contributed by atoms with E-state index in [2.05, 4.69) is 10.6 Å². The van der Waals surface area contributed by atoms with Crippen LogP contribution in [0.3, 0.4) is 0 Å². The topological polar surface area (TPSA) is 58.2 Å². The molecule has 0 aliphatic heterocycles. The standard InChI is InChI=1S/C15H16N2O2S/c1-10-3-5-11(6-4-10)9-13(18)17-15-12(7-8-20-15)14(19)16-2/h3-8H,9H2,1-2H3,(H,16,19)(H,17,18). The van der Waals surface area contributed by atoms with Crippen molar-refractivity contribution in [3.05, 3.63) is 52.4 Å². The number of carbonyl (C=O) groups is 2. The first-order valence-electron chi connectivity index (χ1n) is 6.25. The van der Waals surface area contributed by atoms with E-state index in [1.165, 1.54) is 11.3 Å². The Hall–Kier alpha value is -2.14. The van der Waals surface area contributed by atoms with Gasteiger partial charge in [0.1, 0.15) is 5.00 Å². The first-order valence-corrected chi connectivity index (χ1v) is 7.13. The second-order valence-electron chi connectivity index (χ2n) is 4.45. The van der Waals surface area contributed by atoms with Gasteiger partial charge in [-0.1, -0.05) is 29.8 Å². The lowest BCUT2D eigenvalue weighted by molar-refractivity contribution is -0.115. The quantitative estimate of drug-likeness (QED) is 0.908. The predicted octanol–water partition coefficient (Wildman–Crippen LogP) is 2.60. The normalized spacial score (nSPS) is 10.1. The molecule has 0 saturated carbocycles. The fourth-order valence-electron chi connectivity index (χ4n) is 1.78. The van der Waals surface area contributed by atoms with Crippen LogP contribution in [-0.4, -0.2) is 18.9 Å². The van der Waals surface area contributed by atoms with Crippen LogP contribution >= 0.6 is 11.3 Å². The Morgan fingerprint density at radius 3 is 2.50 bits per heavy atom. The molecule has 2 amide bonds. The highest BCUT2D eigenvalue weighted by Gasteiger charge is 2.13. The van der Waals surface area contributed by atoms with Gasteiger partial charge in [0.2, 0.25) is 5.91 Å². The van der Waals surface area contributed by atoms with Gasteiger partial charge < -0.3 is 10.6 Å². The summed E-state index contributed by atoms with van der Waals surface area (Å²) in [5.41, 5.74) is 2.61. The molecule has 2 aromatic rings. The van der Waals surface area contributed by atoms with Gasteiger partial charge in [-0.3, -0.25) is 9.59 Å². The third kappa shape index (κ3) is 3.45. The van der Waals surface area contributed by atoms with E-state index < -0.39 is 0 Å². The number of rotatable bonds is 4. The van der Waals surface area contributed by atoms with E-state index in [9.17, 15) is 9.59 Å². The summed E-state index contributed by atoms with van der Waals surface area (Å²) in [6.45, 7) is 2.01. The lowest BCUT2D eigenvalue weighted by Gasteiger charge is -2.06. The van der Waals surface area contributed by atoms with E-state index >= 15 is 0 Å². The number of hydrogen-bond acceptors (Lipinski definition) is 3. The Morgan fingerprint density at radius 2 is 1.85 bits per heavy atom. The minimum absolute atomic E-state index is 0.124. The van der Waals surface area contributed by atoms with Crippen LogP contribution in [0.25, 0.3) is 0 Å². The Bertz CT molecular complexity index is 617. The van der Waals surface area contributed by atoms with Gasteiger partial charge in [-0.25, -0.2) is 0 Å². The van der Waals surface area contributed by atoms with Crippen LogP contribution < -0.4 is 10.6 Å². The lowest BCUT2D eigenvalue weighted by atomic mass is 10.1. The van der Waals surface area contributed by atoms with Crippen LogP contribution in [0, 0.1) is 6.92 Å². The van der Waals surface area contributed by atoms with Crippen molar-refractivity contribution < 1.29 is 9.59 Å². The molecule has 2 N–H and O–H groups in total. The van der Waals surface area contributed by atoms with E-state index in [4.69, 9.17) is 0 Å². The molecule has 1 aromatic carbocycles. The predicted molar refractivity (Wildman–Crippen MR) is 81.2 cm³/mol. The number of carbonyl (C=O) groups excluding carboxylic acids is 2. The molecule has 0 radical (unpaired) electrons. The molecule has 0 aliphatic carbocycles. The first-order chi connectivity index (χ1) is 9.60. The molecule has 0 aliphatic rings. The molecule has 0 spiro atoms. The van der Waals surface area contributed by atoms with Gasteiger partial charge in [-0.2, -0.15) is 0 Å². The summed E-state index contributed by atoms with van der Waals surface area (Å²) in [7, 11) is 1.57. The van der Waals surface area contributed by atoms with Crippen molar-refractivity contribution in [2.24, 2.45) is 0 Å². The summed E-state index contributed by atoms with van der Waals surface area (Å²) in [6.07, 6.45) is 0.297. The van der Waals surface area contributed by atoms with Crippen molar-refractivity contribution in [2.75, 3.05) is 12.4 Å². The molecule has 0 atom stereocenters.